The van der Waals surface area contributed by atoms with Gasteiger partial charge in [0.05, 0.1) is 5.02 Å². The molecule has 0 atom stereocenters. The summed E-state index contributed by atoms with van der Waals surface area (Å²) in [5.74, 6) is -0.525. The zero-order valence-corrected chi connectivity index (χ0v) is 11.7. The molecule has 2 aromatic rings. The molecule has 0 saturated heterocycles. The number of hydrogen-bond donors (Lipinski definition) is 2. The lowest BCUT2D eigenvalue weighted by Gasteiger charge is -2.09. The van der Waals surface area contributed by atoms with Crippen molar-refractivity contribution in [2.75, 3.05) is 10.6 Å². The Balaban J connectivity index is 2.00. The van der Waals surface area contributed by atoms with Crippen molar-refractivity contribution in [1.29, 1.82) is 0 Å². The van der Waals surface area contributed by atoms with Crippen molar-refractivity contribution in [3.8, 4) is 0 Å². The first-order valence-electron chi connectivity index (χ1n) is 6.10. The molecular weight excluding hydrogens is 279 g/mol. The Morgan fingerprint density at radius 1 is 1.15 bits per heavy atom. The van der Waals surface area contributed by atoms with Gasteiger partial charge in [-0.15, -0.1) is 0 Å². The average Bonchev–Trinajstić information content (AvgIpc) is 2.41. The van der Waals surface area contributed by atoms with Crippen LogP contribution in [0.2, 0.25) is 5.02 Å². The molecule has 0 radical (unpaired) electrons. The number of carbonyl (C=O) groups is 1. The molecular formula is C15H14ClFN2O. The average molecular weight is 293 g/mol. The fourth-order valence-electron chi connectivity index (χ4n) is 1.76. The maximum absolute atomic E-state index is 13.7. The Bertz CT molecular complexity index is 614. The summed E-state index contributed by atoms with van der Waals surface area (Å²) in [6.45, 7) is 1.79. The summed E-state index contributed by atoms with van der Waals surface area (Å²) in [6, 6.07) is 12.1. The summed E-state index contributed by atoms with van der Waals surface area (Å²) >= 11 is 5.72. The van der Waals surface area contributed by atoms with E-state index in [1.165, 1.54) is 13.0 Å². The molecule has 0 heterocycles. The fraction of sp³-hybridized carbons (Fsp3) is 0.133. The number of hydrogen-bond acceptors (Lipinski definition) is 2. The molecule has 3 nitrogen and oxygen atoms in total. The maximum Gasteiger partial charge on any atom is 0.221 e. The molecule has 1 amide bonds. The van der Waals surface area contributed by atoms with E-state index in [0.29, 0.717) is 12.1 Å². The van der Waals surface area contributed by atoms with Gasteiger partial charge in [0.1, 0.15) is 5.82 Å². The summed E-state index contributed by atoms with van der Waals surface area (Å²) in [4.78, 5) is 10.9. The minimum absolute atomic E-state index is 0.116. The maximum atomic E-state index is 13.7. The number of nitrogens with one attached hydrogen (secondary N) is 2. The van der Waals surface area contributed by atoms with E-state index in [0.717, 1.165) is 11.4 Å². The standard InChI is InChI=1S/C15H14ClFN2O/c1-10(20)19-13-7-5-12(6-8-13)18-9-11-3-2-4-14(16)15(11)17/h2-8,18H,9H2,1H3,(H,19,20). The van der Waals surface area contributed by atoms with Crippen LogP contribution in [-0.2, 0) is 11.3 Å². The van der Waals surface area contributed by atoms with Crippen LogP contribution in [0.4, 0.5) is 15.8 Å². The summed E-state index contributed by atoms with van der Waals surface area (Å²) in [6.07, 6.45) is 0. The van der Waals surface area contributed by atoms with Gasteiger partial charge in [-0.05, 0) is 30.3 Å². The van der Waals surface area contributed by atoms with E-state index in [1.54, 1.807) is 24.3 Å². The lowest BCUT2D eigenvalue weighted by atomic mass is 10.2. The van der Waals surface area contributed by atoms with E-state index in [9.17, 15) is 9.18 Å². The van der Waals surface area contributed by atoms with Crippen LogP contribution in [0.25, 0.3) is 0 Å². The first kappa shape index (κ1) is 14.3. The number of anilines is 2. The minimum Gasteiger partial charge on any atom is -0.381 e. The van der Waals surface area contributed by atoms with E-state index >= 15 is 0 Å². The van der Waals surface area contributed by atoms with Crippen LogP contribution >= 0.6 is 11.6 Å². The van der Waals surface area contributed by atoms with E-state index < -0.39 is 5.82 Å². The smallest absolute Gasteiger partial charge is 0.221 e. The van der Waals surface area contributed by atoms with Crippen LogP contribution in [0.15, 0.2) is 42.5 Å². The van der Waals surface area contributed by atoms with Crippen LogP contribution in [0.5, 0.6) is 0 Å². The molecule has 0 saturated carbocycles. The molecule has 2 N–H and O–H groups in total. The Kier molecular flexibility index (Phi) is 4.58. The highest BCUT2D eigenvalue weighted by Gasteiger charge is 2.05. The lowest BCUT2D eigenvalue weighted by molar-refractivity contribution is -0.114. The second kappa shape index (κ2) is 6.39. The monoisotopic (exact) mass is 292 g/mol. The second-order valence-corrected chi connectivity index (χ2v) is 4.73. The second-order valence-electron chi connectivity index (χ2n) is 4.33. The molecule has 0 spiro atoms. The van der Waals surface area contributed by atoms with Crippen molar-refractivity contribution >= 4 is 28.9 Å². The van der Waals surface area contributed by atoms with Crippen LogP contribution in [0, 0.1) is 5.82 Å². The van der Waals surface area contributed by atoms with Gasteiger partial charge in [0.15, 0.2) is 0 Å². The van der Waals surface area contributed by atoms with Crippen molar-refractivity contribution in [2.24, 2.45) is 0 Å². The molecule has 0 unspecified atom stereocenters. The van der Waals surface area contributed by atoms with Gasteiger partial charge in [-0.3, -0.25) is 4.79 Å². The van der Waals surface area contributed by atoms with Crippen molar-refractivity contribution in [3.05, 3.63) is 58.9 Å². The van der Waals surface area contributed by atoms with E-state index in [2.05, 4.69) is 10.6 Å². The summed E-state index contributed by atoms with van der Waals surface area (Å²) < 4.78 is 13.7. The van der Waals surface area contributed by atoms with Gasteiger partial charge < -0.3 is 10.6 Å². The van der Waals surface area contributed by atoms with Crippen molar-refractivity contribution in [2.45, 2.75) is 13.5 Å². The van der Waals surface area contributed by atoms with Gasteiger partial charge in [-0.1, -0.05) is 23.7 Å². The van der Waals surface area contributed by atoms with Gasteiger partial charge in [0, 0.05) is 30.4 Å². The number of carbonyl (C=O) groups excluding carboxylic acids is 1. The van der Waals surface area contributed by atoms with Gasteiger partial charge in [0.2, 0.25) is 5.91 Å². The quantitative estimate of drug-likeness (QED) is 0.892. The minimum atomic E-state index is -0.406. The van der Waals surface area contributed by atoms with Gasteiger partial charge in [-0.2, -0.15) is 0 Å². The van der Waals surface area contributed by atoms with Crippen LogP contribution in [-0.4, -0.2) is 5.91 Å². The number of halogens is 2. The number of rotatable bonds is 4. The normalized spacial score (nSPS) is 10.2. The largest absolute Gasteiger partial charge is 0.381 e. The Hall–Kier alpha value is -2.07. The molecule has 0 aliphatic heterocycles. The Morgan fingerprint density at radius 2 is 1.80 bits per heavy atom. The highest BCUT2D eigenvalue weighted by Crippen LogP contribution is 2.19. The SMILES string of the molecule is CC(=O)Nc1ccc(NCc2cccc(Cl)c2F)cc1. The Labute approximate surface area is 121 Å². The molecule has 0 bridgehead atoms. The molecule has 0 fully saturated rings. The van der Waals surface area contributed by atoms with Gasteiger partial charge in [0.25, 0.3) is 0 Å². The van der Waals surface area contributed by atoms with Crippen LogP contribution in [0.3, 0.4) is 0 Å². The molecule has 20 heavy (non-hydrogen) atoms. The third kappa shape index (κ3) is 3.71. The summed E-state index contributed by atoms with van der Waals surface area (Å²) in [5, 5.41) is 5.89. The molecule has 0 aliphatic rings. The summed E-state index contributed by atoms with van der Waals surface area (Å²) in [5.41, 5.74) is 2.05. The van der Waals surface area contributed by atoms with E-state index in [1.807, 2.05) is 12.1 Å². The van der Waals surface area contributed by atoms with Gasteiger partial charge in [-0.25, -0.2) is 4.39 Å². The molecule has 2 aromatic carbocycles. The summed E-state index contributed by atoms with van der Waals surface area (Å²) in [7, 11) is 0. The van der Waals surface area contributed by atoms with E-state index in [-0.39, 0.29) is 10.9 Å². The van der Waals surface area contributed by atoms with Crippen molar-refractivity contribution in [3.63, 3.8) is 0 Å². The number of amides is 1. The molecule has 0 aliphatic carbocycles. The topological polar surface area (TPSA) is 41.1 Å². The third-order valence-electron chi connectivity index (χ3n) is 2.72. The van der Waals surface area contributed by atoms with Crippen LogP contribution in [0.1, 0.15) is 12.5 Å². The van der Waals surface area contributed by atoms with Gasteiger partial charge >= 0.3 is 0 Å². The zero-order chi connectivity index (χ0) is 14.5. The molecule has 0 aromatic heterocycles. The Morgan fingerprint density at radius 3 is 2.45 bits per heavy atom. The van der Waals surface area contributed by atoms with E-state index in [4.69, 9.17) is 11.6 Å². The lowest BCUT2D eigenvalue weighted by Crippen LogP contribution is -2.06. The molecule has 2 rings (SSSR count). The molecule has 5 heteroatoms. The fourth-order valence-corrected chi connectivity index (χ4v) is 1.95. The first-order chi connectivity index (χ1) is 9.56. The predicted octanol–water partition coefficient (Wildman–Crippen LogP) is 4.05. The zero-order valence-electron chi connectivity index (χ0n) is 10.9. The number of benzene rings is 2. The third-order valence-corrected chi connectivity index (χ3v) is 3.01. The highest BCUT2D eigenvalue weighted by molar-refractivity contribution is 6.30. The highest BCUT2D eigenvalue weighted by atomic mass is 35.5. The first-order valence-corrected chi connectivity index (χ1v) is 6.48. The predicted molar refractivity (Wildman–Crippen MR) is 79.5 cm³/mol. The van der Waals surface area contributed by atoms with Crippen molar-refractivity contribution < 1.29 is 9.18 Å². The van der Waals surface area contributed by atoms with Crippen LogP contribution < -0.4 is 10.6 Å². The molecule has 104 valence electrons. The van der Waals surface area contributed by atoms with Crippen molar-refractivity contribution in [1.82, 2.24) is 0 Å².